The fourth-order valence-electron chi connectivity index (χ4n) is 3.58. The summed E-state index contributed by atoms with van der Waals surface area (Å²) in [4.78, 5) is 4.71. The Morgan fingerprint density at radius 2 is 2.00 bits per heavy atom. The van der Waals surface area contributed by atoms with Crippen LogP contribution in [-0.4, -0.2) is 43.5 Å². The van der Waals surface area contributed by atoms with Crippen molar-refractivity contribution in [2.75, 3.05) is 26.3 Å². The highest BCUT2D eigenvalue weighted by molar-refractivity contribution is 14.0. The number of halogens is 1. The first-order valence-electron chi connectivity index (χ1n) is 11.2. The third kappa shape index (κ3) is 8.26. The molecule has 176 valence electrons. The summed E-state index contributed by atoms with van der Waals surface area (Å²) in [7, 11) is 0. The van der Waals surface area contributed by atoms with Gasteiger partial charge in [-0.15, -0.1) is 24.0 Å². The summed E-state index contributed by atoms with van der Waals surface area (Å²) in [6, 6.07) is 14.1. The molecule has 6 nitrogen and oxygen atoms in total. The minimum absolute atomic E-state index is 0. The maximum Gasteiger partial charge on any atom is 0.191 e. The van der Waals surface area contributed by atoms with Gasteiger partial charge in [0.2, 0.25) is 0 Å². The van der Waals surface area contributed by atoms with Crippen LogP contribution in [0.1, 0.15) is 48.1 Å². The molecule has 0 aliphatic carbocycles. The lowest BCUT2D eigenvalue weighted by Crippen LogP contribution is -2.39. The van der Waals surface area contributed by atoms with E-state index >= 15 is 0 Å². The fraction of sp³-hybridized carbons (Fsp3) is 0.480. The smallest absolute Gasteiger partial charge is 0.191 e. The van der Waals surface area contributed by atoms with Crippen molar-refractivity contribution in [3.05, 3.63) is 64.7 Å². The van der Waals surface area contributed by atoms with Crippen molar-refractivity contribution in [1.29, 1.82) is 0 Å². The summed E-state index contributed by atoms with van der Waals surface area (Å²) in [5.74, 6) is 1.52. The SMILES string of the molecule is CCNC(=NCc1ccc(C)cc1OCC1CCCO1)NCC(O)c1cccc(C)c1.I. The zero-order valence-electron chi connectivity index (χ0n) is 19.3. The first-order chi connectivity index (χ1) is 15.0. The lowest BCUT2D eigenvalue weighted by Gasteiger charge is -2.17. The number of hydrogen-bond donors (Lipinski definition) is 3. The lowest BCUT2D eigenvalue weighted by molar-refractivity contribution is 0.0676. The van der Waals surface area contributed by atoms with Crippen LogP contribution in [0.15, 0.2) is 47.5 Å². The molecule has 0 bridgehead atoms. The number of aryl methyl sites for hydroxylation is 2. The predicted molar refractivity (Wildman–Crippen MR) is 140 cm³/mol. The molecule has 7 heteroatoms. The highest BCUT2D eigenvalue weighted by Gasteiger charge is 2.17. The number of rotatable bonds is 9. The van der Waals surface area contributed by atoms with Gasteiger partial charge in [-0.2, -0.15) is 0 Å². The third-order valence-corrected chi connectivity index (χ3v) is 5.31. The molecule has 3 rings (SSSR count). The summed E-state index contributed by atoms with van der Waals surface area (Å²) in [6.45, 7) is 9.10. The highest BCUT2D eigenvalue weighted by atomic mass is 127. The highest BCUT2D eigenvalue weighted by Crippen LogP contribution is 2.23. The number of guanidine groups is 1. The Hall–Kier alpha value is -1.84. The molecule has 1 saturated heterocycles. The predicted octanol–water partition coefficient (Wildman–Crippen LogP) is 4.27. The summed E-state index contributed by atoms with van der Waals surface area (Å²) in [6.07, 6.45) is 1.73. The molecule has 0 radical (unpaired) electrons. The van der Waals surface area contributed by atoms with Gasteiger partial charge in [0.05, 0.1) is 18.8 Å². The molecule has 1 aliphatic rings. The molecule has 2 aromatic carbocycles. The Morgan fingerprint density at radius 3 is 2.72 bits per heavy atom. The number of aliphatic hydroxyl groups excluding tert-OH is 1. The summed E-state index contributed by atoms with van der Waals surface area (Å²) < 4.78 is 11.8. The van der Waals surface area contributed by atoms with Crippen LogP contribution in [0.5, 0.6) is 5.75 Å². The molecule has 0 spiro atoms. The van der Waals surface area contributed by atoms with E-state index < -0.39 is 6.10 Å². The van der Waals surface area contributed by atoms with Crippen molar-refractivity contribution in [3.8, 4) is 5.75 Å². The quantitative estimate of drug-likeness (QED) is 0.246. The number of benzene rings is 2. The van der Waals surface area contributed by atoms with Crippen LogP contribution >= 0.6 is 24.0 Å². The van der Waals surface area contributed by atoms with Gasteiger partial charge in [0.1, 0.15) is 12.4 Å². The Labute approximate surface area is 208 Å². The second-order valence-corrected chi connectivity index (χ2v) is 8.06. The molecule has 0 amide bonds. The standard InChI is InChI=1S/C25H35N3O3.HI/c1-4-26-25(28-16-23(29)20-8-5-7-18(2)13-20)27-15-21-11-10-19(3)14-24(21)31-17-22-9-6-12-30-22;/h5,7-8,10-11,13-14,22-23,29H,4,6,9,12,15-17H2,1-3H3,(H2,26,27,28);1H. The van der Waals surface area contributed by atoms with Crippen molar-refractivity contribution < 1.29 is 14.6 Å². The Morgan fingerprint density at radius 1 is 1.19 bits per heavy atom. The topological polar surface area (TPSA) is 75.1 Å². The van der Waals surface area contributed by atoms with Gasteiger partial charge >= 0.3 is 0 Å². The zero-order chi connectivity index (χ0) is 22.1. The van der Waals surface area contributed by atoms with Crippen LogP contribution in [0.2, 0.25) is 0 Å². The van der Waals surface area contributed by atoms with E-state index in [9.17, 15) is 5.11 Å². The first-order valence-corrected chi connectivity index (χ1v) is 11.2. The van der Waals surface area contributed by atoms with E-state index in [2.05, 4.69) is 35.8 Å². The number of ether oxygens (including phenoxy) is 2. The largest absolute Gasteiger partial charge is 0.491 e. The van der Waals surface area contributed by atoms with Gasteiger partial charge < -0.3 is 25.2 Å². The van der Waals surface area contributed by atoms with Gasteiger partial charge in [-0.1, -0.05) is 42.0 Å². The molecule has 0 aromatic heterocycles. The van der Waals surface area contributed by atoms with Gasteiger partial charge in [0.25, 0.3) is 0 Å². The summed E-state index contributed by atoms with van der Waals surface area (Å²) >= 11 is 0. The van der Waals surface area contributed by atoms with Crippen molar-refractivity contribution in [2.45, 2.75) is 52.4 Å². The Kier molecular flexibility index (Phi) is 11.3. The van der Waals surface area contributed by atoms with E-state index in [1.807, 2.05) is 38.1 Å². The van der Waals surface area contributed by atoms with E-state index in [4.69, 9.17) is 14.5 Å². The van der Waals surface area contributed by atoms with Gasteiger partial charge in [-0.3, -0.25) is 0 Å². The van der Waals surface area contributed by atoms with Gasteiger partial charge in [0.15, 0.2) is 5.96 Å². The fourth-order valence-corrected chi connectivity index (χ4v) is 3.58. The number of aliphatic hydroxyl groups is 1. The van der Waals surface area contributed by atoms with E-state index in [0.717, 1.165) is 54.0 Å². The average Bonchev–Trinajstić information content (AvgIpc) is 3.28. The maximum atomic E-state index is 10.5. The van der Waals surface area contributed by atoms with Crippen LogP contribution in [0, 0.1) is 13.8 Å². The van der Waals surface area contributed by atoms with Crippen LogP contribution in [0.4, 0.5) is 0 Å². The molecular formula is C25H36IN3O3. The van der Waals surface area contributed by atoms with Crippen molar-refractivity contribution >= 4 is 29.9 Å². The molecule has 2 aromatic rings. The first kappa shape index (κ1) is 26.4. The van der Waals surface area contributed by atoms with E-state index in [0.29, 0.717) is 25.7 Å². The molecule has 32 heavy (non-hydrogen) atoms. The second-order valence-electron chi connectivity index (χ2n) is 8.06. The number of hydrogen-bond acceptors (Lipinski definition) is 4. The van der Waals surface area contributed by atoms with Crippen LogP contribution < -0.4 is 15.4 Å². The molecule has 3 N–H and O–H groups in total. The van der Waals surface area contributed by atoms with Gasteiger partial charge in [-0.05, 0) is 50.8 Å². The van der Waals surface area contributed by atoms with Crippen LogP contribution in [0.3, 0.4) is 0 Å². The Balaban J connectivity index is 0.00000363. The minimum Gasteiger partial charge on any atom is -0.491 e. The Bertz CT molecular complexity index is 869. The van der Waals surface area contributed by atoms with E-state index in [1.165, 1.54) is 0 Å². The summed E-state index contributed by atoms with van der Waals surface area (Å²) in [5.41, 5.74) is 4.21. The average molecular weight is 553 g/mol. The van der Waals surface area contributed by atoms with Gasteiger partial charge in [0, 0.05) is 25.3 Å². The number of nitrogens with one attached hydrogen (secondary N) is 2. The van der Waals surface area contributed by atoms with Crippen molar-refractivity contribution in [3.63, 3.8) is 0 Å². The number of aliphatic imine (C=N–C) groups is 1. The third-order valence-electron chi connectivity index (χ3n) is 5.31. The lowest BCUT2D eigenvalue weighted by atomic mass is 10.1. The molecule has 1 heterocycles. The second kappa shape index (κ2) is 13.6. The van der Waals surface area contributed by atoms with Crippen LogP contribution in [0.25, 0.3) is 0 Å². The zero-order valence-corrected chi connectivity index (χ0v) is 21.6. The molecule has 2 unspecified atom stereocenters. The molecule has 2 atom stereocenters. The molecule has 0 saturated carbocycles. The maximum absolute atomic E-state index is 10.5. The molecular weight excluding hydrogens is 517 g/mol. The van der Waals surface area contributed by atoms with Crippen LogP contribution in [-0.2, 0) is 11.3 Å². The van der Waals surface area contributed by atoms with Crippen molar-refractivity contribution in [2.24, 2.45) is 4.99 Å². The molecule has 1 fully saturated rings. The van der Waals surface area contributed by atoms with Crippen molar-refractivity contribution in [1.82, 2.24) is 10.6 Å². The monoisotopic (exact) mass is 553 g/mol. The van der Waals surface area contributed by atoms with Gasteiger partial charge in [-0.25, -0.2) is 4.99 Å². The minimum atomic E-state index is -0.603. The van der Waals surface area contributed by atoms with E-state index in [1.54, 1.807) is 0 Å². The number of nitrogens with zero attached hydrogens (tertiary/aromatic N) is 1. The summed E-state index contributed by atoms with van der Waals surface area (Å²) in [5, 5.41) is 17.0. The van der Waals surface area contributed by atoms with E-state index in [-0.39, 0.29) is 30.1 Å². The molecule has 1 aliphatic heterocycles. The normalized spacial score (nSPS) is 16.9.